The molecule has 0 fully saturated rings. The summed E-state index contributed by atoms with van der Waals surface area (Å²) in [6.07, 6.45) is 4.05. The first-order valence-corrected chi connectivity index (χ1v) is 4.18. The molecule has 6 nitrogen and oxygen atoms in total. The van der Waals surface area contributed by atoms with Crippen molar-refractivity contribution >= 4 is 11.8 Å². The molecule has 0 aliphatic heterocycles. The molecular weight excluding hydrogens is 186 g/mol. The highest BCUT2D eigenvalue weighted by atomic mass is 16.5. The third-order valence-electron chi connectivity index (χ3n) is 1.74. The van der Waals surface area contributed by atoms with Gasteiger partial charge in [-0.05, 0) is 11.6 Å². The van der Waals surface area contributed by atoms with Crippen molar-refractivity contribution in [3.8, 4) is 0 Å². The molecule has 0 radical (unpaired) electrons. The van der Waals surface area contributed by atoms with Gasteiger partial charge in [0.15, 0.2) is 0 Å². The average molecular weight is 197 g/mol. The molecule has 76 valence electrons. The molecule has 0 aromatic carbocycles. The van der Waals surface area contributed by atoms with Gasteiger partial charge < -0.3 is 9.30 Å². The number of imidazole rings is 1. The third-order valence-corrected chi connectivity index (χ3v) is 1.74. The molecular formula is C8H11N3O3. The second-order valence-corrected chi connectivity index (χ2v) is 2.74. The lowest BCUT2D eigenvalue weighted by Crippen LogP contribution is -2.02. The van der Waals surface area contributed by atoms with Gasteiger partial charge in [-0.15, -0.1) is 4.91 Å². The number of carbonyl (C=O) groups is 1. The standard InChI is InChI=1S/C8H11N3O3/c1-14-8(12)3-2-4-11-5-7(10-13)9-6-11/h5-6H,2-4H2,1H3. The number of aromatic nitrogens is 2. The Balaban J connectivity index is 2.31. The van der Waals surface area contributed by atoms with Crippen LogP contribution in [-0.4, -0.2) is 22.6 Å². The first-order chi connectivity index (χ1) is 6.76. The molecule has 0 bridgehead atoms. The molecule has 0 N–H and O–H groups in total. The fraction of sp³-hybridized carbons (Fsp3) is 0.500. The molecule has 0 atom stereocenters. The van der Waals surface area contributed by atoms with Crippen LogP contribution in [0.3, 0.4) is 0 Å². The molecule has 1 aromatic rings. The molecule has 0 aliphatic rings. The highest BCUT2D eigenvalue weighted by molar-refractivity contribution is 5.68. The lowest BCUT2D eigenvalue weighted by molar-refractivity contribution is -0.140. The number of hydrogen-bond donors (Lipinski definition) is 0. The predicted octanol–water partition coefficient (Wildman–Crippen LogP) is 1.23. The zero-order valence-electron chi connectivity index (χ0n) is 7.84. The summed E-state index contributed by atoms with van der Waals surface area (Å²) in [5.74, 6) is -0.0816. The molecule has 0 saturated carbocycles. The van der Waals surface area contributed by atoms with Gasteiger partial charge in [-0.3, -0.25) is 4.79 Å². The molecule has 6 heteroatoms. The Morgan fingerprint density at radius 1 is 1.71 bits per heavy atom. The van der Waals surface area contributed by atoms with Gasteiger partial charge in [-0.2, -0.15) is 0 Å². The van der Waals surface area contributed by atoms with Crippen LogP contribution in [-0.2, 0) is 16.1 Å². The van der Waals surface area contributed by atoms with Crippen molar-refractivity contribution in [3.63, 3.8) is 0 Å². The summed E-state index contributed by atoms with van der Waals surface area (Å²) in [4.78, 5) is 24.5. The van der Waals surface area contributed by atoms with Crippen molar-refractivity contribution in [2.75, 3.05) is 7.11 Å². The summed E-state index contributed by atoms with van der Waals surface area (Å²) in [5, 5.41) is 2.68. The summed E-state index contributed by atoms with van der Waals surface area (Å²) >= 11 is 0. The molecule has 0 amide bonds. The molecule has 0 saturated heterocycles. The molecule has 1 heterocycles. The van der Waals surface area contributed by atoms with Gasteiger partial charge in [0, 0.05) is 13.0 Å². The number of nitroso groups, excluding NO2 is 1. The zero-order chi connectivity index (χ0) is 10.4. The topological polar surface area (TPSA) is 73.6 Å². The minimum absolute atomic E-state index is 0.156. The lowest BCUT2D eigenvalue weighted by atomic mass is 10.3. The van der Waals surface area contributed by atoms with Crippen LogP contribution in [0, 0.1) is 4.91 Å². The maximum Gasteiger partial charge on any atom is 0.305 e. The van der Waals surface area contributed by atoms with Crippen LogP contribution in [0.1, 0.15) is 12.8 Å². The van der Waals surface area contributed by atoms with Crippen LogP contribution in [0.25, 0.3) is 0 Å². The minimum atomic E-state index is -0.237. The molecule has 1 aromatic heterocycles. The Kier molecular flexibility index (Phi) is 3.78. The van der Waals surface area contributed by atoms with Gasteiger partial charge in [-0.1, -0.05) is 0 Å². The maximum atomic E-state index is 10.7. The Bertz CT molecular complexity index is 321. The van der Waals surface area contributed by atoms with Crippen LogP contribution in [0.2, 0.25) is 0 Å². The number of esters is 1. The van der Waals surface area contributed by atoms with E-state index in [4.69, 9.17) is 0 Å². The number of carbonyl (C=O) groups excluding carboxylic acids is 1. The summed E-state index contributed by atoms with van der Waals surface area (Å²) in [5.41, 5.74) is 0. The Labute approximate surface area is 80.9 Å². The van der Waals surface area contributed by atoms with Crippen molar-refractivity contribution in [2.24, 2.45) is 5.18 Å². The van der Waals surface area contributed by atoms with Gasteiger partial charge in [0.05, 0.1) is 19.6 Å². The van der Waals surface area contributed by atoms with E-state index in [0.717, 1.165) is 0 Å². The molecule has 0 spiro atoms. The number of methoxy groups -OCH3 is 1. The van der Waals surface area contributed by atoms with Crippen molar-refractivity contribution in [1.29, 1.82) is 0 Å². The number of hydrogen-bond acceptors (Lipinski definition) is 5. The van der Waals surface area contributed by atoms with E-state index < -0.39 is 0 Å². The largest absolute Gasteiger partial charge is 0.469 e. The molecule has 0 unspecified atom stereocenters. The van der Waals surface area contributed by atoms with Crippen LogP contribution in [0.4, 0.5) is 5.82 Å². The van der Waals surface area contributed by atoms with E-state index in [2.05, 4.69) is 14.9 Å². The monoisotopic (exact) mass is 197 g/mol. The van der Waals surface area contributed by atoms with E-state index in [-0.39, 0.29) is 11.8 Å². The van der Waals surface area contributed by atoms with Crippen molar-refractivity contribution in [3.05, 3.63) is 17.4 Å². The van der Waals surface area contributed by atoms with Gasteiger partial charge in [0.1, 0.15) is 0 Å². The number of aryl methyl sites for hydroxylation is 1. The second kappa shape index (κ2) is 5.11. The van der Waals surface area contributed by atoms with E-state index >= 15 is 0 Å². The SMILES string of the molecule is COC(=O)CCCn1cnc(N=O)c1. The normalized spacial score (nSPS) is 9.79. The Morgan fingerprint density at radius 3 is 3.07 bits per heavy atom. The maximum absolute atomic E-state index is 10.7. The predicted molar refractivity (Wildman–Crippen MR) is 48.9 cm³/mol. The molecule has 14 heavy (non-hydrogen) atoms. The van der Waals surface area contributed by atoms with E-state index in [1.165, 1.54) is 19.6 Å². The van der Waals surface area contributed by atoms with Gasteiger partial charge in [0.25, 0.3) is 0 Å². The van der Waals surface area contributed by atoms with Crippen LogP contribution in [0.15, 0.2) is 17.7 Å². The summed E-state index contributed by atoms with van der Waals surface area (Å²) in [7, 11) is 1.36. The first kappa shape index (κ1) is 10.4. The Morgan fingerprint density at radius 2 is 2.50 bits per heavy atom. The van der Waals surface area contributed by atoms with E-state index in [0.29, 0.717) is 19.4 Å². The average Bonchev–Trinajstić information content (AvgIpc) is 2.65. The highest BCUT2D eigenvalue weighted by Gasteiger charge is 2.01. The molecule has 1 rings (SSSR count). The number of ether oxygens (including phenoxy) is 1. The zero-order valence-corrected chi connectivity index (χ0v) is 7.84. The van der Waals surface area contributed by atoms with Gasteiger partial charge in [0.2, 0.25) is 5.82 Å². The van der Waals surface area contributed by atoms with Crippen molar-refractivity contribution < 1.29 is 9.53 Å². The third kappa shape index (κ3) is 2.96. The van der Waals surface area contributed by atoms with Crippen LogP contribution in [0.5, 0.6) is 0 Å². The summed E-state index contributed by atoms with van der Waals surface area (Å²) in [6, 6.07) is 0. The fourth-order valence-corrected chi connectivity index (χ4v) is 1.03. The highest BCUT2D eigenvalue weighted by Crippen LogP contribution is 2.07. The summed E-state index contributed by atoms with van der Waals surface area (Å²) < 4.78 is 6.19. The number of rotatable bonds is 5. The van der Waals surface area contributed by atoms with Crippen LogP contribution >= 0.6 is 0 Å². The van der Waals surface area contributed by atoms with Crippen LogP contribution < -0.4 is 0 Å². The van der Waals surface area contributed by atoms with E-state index in [9.17, 15) is 9.70 Å². The van der Waals surface area contributed by atoms with Gasteiger partial charge >= 0.3 is 5.97 Å². The second-order valence-electron chi connectivity index (χ2n) is 2.74. The van der Waals surface area contributed by atoms with E-state index in [1.807, 2.05) is 0 Å². The fourth-order valence-electron chi connectivity index (χ4n) is 1.03. The molecule has 0 aliphatic carbocycles. The summed E-state index contributed by atoms with van der Waals surface area (Å²) in [6.45, 7) is 0.623. The van der Waals surface area contributed by atoms with Gasteiger partial charge in [-0.25, -0.2) is 4.98 Å². The minimum Gasteiger partial charge on any atom is -0.469 e. The quantitative estimate of drug-likeness (QED) is 0.525. The van der Waals surface area contributed by atoms with E-state index in [1.54, 1.807) is 4.57 Å². The Hall–Kier alpha value is -1.72. The van der Waals surface area contributed by atoms with Crippen molar-refractivity contribution in [2.45, 2.75) is 19.4 Å². The van der Waals surface area contributed by atoms with Crippen molar-refractivity contribution in [1.82, 2.24) is 9.55 Å². The number of nitrogens with zero attached hydrogens (tertiary/aromatic N) is 3. The smallest absolute Gasteiger partial charge is 0.305 e. The lowest BCUT2D eigenvalue weighted by Gasteiger charge is -2.00. The first-order valence-electron chi connectivity index (χ1n) is 4.18.